The first-order valence-corrected chi connectivity index (χ1v) is 9.39. The lowest BCUT2D eigenvalue weighted by Crippen LogP contribution is -2.47. The lowest BCUT2D eigenvalue weighted by Gasteiger charge is -2.37. The van der Waals surface area contributed by atoms with Crippen molar-refractivity contribution in [3.63, 3.8) is 0 Å². The Morgan fingerprint density at radius 2 is 1.96 bits per heavy atom. The van der Waals surface area contributed by atoms with Gasteiger partial charge in [-0.3, -0.25) is 9.48 Å². The zero-order valence-electron chi connectivity index (χ0n) is 14.8. The van der Waals surface area contributed by atoms with Crippen molar-refractivity contribution in [3.05, 3.63) is 41.0 Å². The van der Waals surface area contributed by atoms with Crippen molar-refractivity contribution in [3.8, 4) is 11.3 Å². The number of amides is 1. The summed E-state index contributed by atoms with van der Waals surface area (Å²) in [5.41, 5.74) is 2.32. The van der Waals surface area contributed by atoms with Gasteiger partial charge in [-0.05, 0) is 25.1 Å². The van der Waals surface area contributed by atoms with Gasteiger partial charge in [0.15, 0.2) is 11.5 Å². The van der Waals surface area contributed by atoms with Crippen LogP contribution in [0.5, 0.6) is 0 Å². The van der Waals surface area contributed by atoms with E-state index in [0.29, 0.717) is 56.4 Å². The van der Waals surface area contributed by atoms with Crippen LogP contribution < -0.4 is 0 Å². The van der Waals surface area contributed by atoms with Crippen molar-refractivity contribution >= 4 is 17.5 Å². The first-order chi connectivity index (χ1) is 12.6. The van der Waals surface area contributed by atoms with E-state index in [1.54, 1.807) is 0 Å². The lowest BCUT2D eigenvalue weighted by molar-refractivity contribution is -0.181. The highest BCUT2D eigenvalue weighted by Crippen LogP contribution is 2.32. The number of halogens is 1. The van der Waals surface area contributed by atoms with Gasteiger partial charge in [-0.15, -0.1) is 0 Å². The molecule has 0 unspecified atom stereocenters. The minimum absolute atomic E-state index is 0.0478. The van der Waals surface area contributed by atoms with Gasteiger partial charge < -0.3 is 14.4 Å². The summed E-state index contributed by atoms with van der Waals surface area (Å²) in [6, 6.07) is 9.45. The maximum absolute atomic E-state index is 12.9. The first kappa shape index (κ1) is 17.5. The van der Waals surface area contributed by atoms with Crippen LogP contribution in [-0.2, 0) is 16.0 Å². The average molecular weight is 376 g/mol. The largest absolute Gasteiger partial charge is 0.347 e. The van der Waals surface area contributed by atoms with Gasteiger partial charge in [0, 0.05) is 43.1 Å². The van der Waals surface area contributed by atoms with E-state index in [4.69, 9.17) is 21.1 Å². The SMILES string of the molecule is CCn1nc(C(=O)N2CCC3(CC2)OCCO3)cc1-c1cccc(Cl)c1. The molecule has 0 bridgehead atoms. The van der Waals surface area contributed by atoms with Gasteiger partial charge in [0.2, 0.25) is 0 Å². The summed E-state index contributed by atoms with van der Waals surface area (Å²) in [4.78, 5) is 14.8. The van der Waals surface area contributed by atoms with Crippen LogP contribution in [0.1, 0.15) is 30.3 Å². The van der Waals surface area contributed by atoms with Gasteiger partial charge in [0.1, 0.15) is 0 Å². The zero-order chi connectivity index (χ0) is 18.1. The van der Waals surface area contributed by atoms with Gasteiger partial charge in [0.25, 0.3) is 5.91 Å². The molecule has 3 heterocycles. The van der Waals surface area contributed by atoms with Gasteiger partial charge in [-0.25, -0.2) is 0 Å². The van der Waals surface area contributed by atoms with Gasteiger partial charge in [-0.1, -0.05) is 23.7 Å². The van der Waals surface area contributed by atoms with E-state index in [1.165, 1.54) is 0 Å². The molecule has 1 aromatic heterocycles. The van der Waals surface area contributed by atoms with Gasteiger partial charge >= 0.3 is 0 Å². The van der Waals surface area contributed by atoms with Crippen molar-refractivity contribution in [2.45, 2.75) is 32.1 Å². The summed E-state index contributed by atoms with van der Waals surface area (Å²) in [5.74, 6) is -0.528. The van der Waals surface area contributed by atoms with E-state index in [0.717, 1.165) is 11.3 Å². The fraction of sp³-hybridized carbons (Fsp3) is 0.474. The van der Waals surface area contributed by atoms with Crippen LogP contribution in [-0.4, -0.2) is 52.7 Å². The number of aromatic nitrogens is 2. The fourth-order valence-corrected chi connectivity index (χ4v) is 3.83. The number of benzene rings is 1. The molecule has 0 N–H and O–H groups in total. The standard InChI is InChI=1S/C19H22ClN3O3/c1-2-23-17(14-4-3-5-15(20)12-14)13-16(21-23)18(24)22-8-6-19(7-9-22)25-10-11-26-19/h3-5,12-13H,2,6-11H2,1H3. The Labute approximate surface area is 157 Å². The van der Waals surface area contributed by atoms with Crippen LogP contribution in [0.15, 0.2) is 30.3 Å². The molecule has 7 heteroatoms. The molecule has 4 rings (SSSR count). The Kier molecular flexibility index (Phi) is 4.73. The number of aryl methyl sites for hydroxylation is 1. The van der Waals surface area contributed by atoms with Crippen LogP contribution in [0, 0.1) is 0 Å². The van der Waals surface area contributed by atoms with Crippen molar-refractivity contribution in [2.24, 2.45) is 0 Å². The number of rotatable bonds is 3. The number of piperidine rings is 1. The first-order valence-electron chi connectivity index (χ1n) is 9.01. The number of likely N-dealkylation sites (tertiary alicyclic amines) is 1. The van der Waals surface area contributed by atoms with Crippen molar-refractivity contribution in [2.75, 3.05) is 26.3 Å². The Balaban J connectivity index is 1.53. The third-order valence-electron chi connectivity index (χ3n) is 5.05. The third kappa shape index (κ3) is 3.24. The van der Waals surface area contributed by atoms with Crippen molar-refractivity contribution < 1.29 is 14.3 Å². The molecule has 0 aliphatic carbocycles. The highest BCUT2D eigenvalue weighted by Gasteiger charge is 2.41. The monoisotopic (exact) mass is 375 g/mol. The molecule has 0 saturated carbocycles. The third-order valence-corrected chi connectivity index (χ3v) is 5.28. The molecule has 2 aromatic rings. The molecule has 2 fully saturated rings. The molecule has 2 aliphatic heterocycles. The minimum Gasteiger partial charge on any atom is -0.347 e. The van der Waals surface area contributed by atoms with E-state index < -0.39 is 5.79 Å². The summed E-state index contributed by atoms with van der Waals surface area (Å²) in [6.45, 7) is 5.19. The molecule has 1 spiro atoms. The molecule has 0 radical (unpaired) electrons. The normalized spacial score (nSPS) is 19.2. The summed E-state index contributed by atoms with van der Waals surface area (Å²) >= 11 is 6.11. The molecule has 2 aliphatic rings. The Bertz CT molecular complexity index is 804. The average Bonchev–Trinajstić information content (AvgIpc) is 3.29. The predicted molar refractivity (Wildman–Crippen MR) is 98.1 cm³/mol. The molecular weight excluding hydrogens is 354 g/mol. The summed E-state index contributed by atoms with van der Waals surface area (Å²) in [7, 11) is 0. The van der Waals surface area contributed by atoms with Crippen LogP contribution in [0.2, 0.25) is 5.02 Å². The molecule has 138 valence electrons. The molecular formula is C19H22ClN3O3. The van der Waals surface area contributed by atoms with E-state index >= 15 is 0 Å². The Morgan fingerprint density at radius 3 is 2.62 bits per heavy atom. The number of ether oxygens (including phenoxy) is 2. The number of nitrogens with zero attached hydrogens (tertiary/aromatic N) is 3. The number of hydrogen-bond donors (Lipinski definition) is 0. The minimum atomic E-state index is -0.481. The highest BCUT2D eigenvalue weighted by atomic mass is 35.5. The van der Waals surface area contributed by atoms with Gasteiger partial charge in [0.05, 0.1) is 18.9 Å². The maximum Gasteiger partial charge on any atom is 0.274 e. The smallest absolute Gasteiger partial charge is 0.274 e. The van der Waals surface area contributed by atoms with Gasteiger partial charge in [-0.2, -0.15) is 5.10 Å². The molecule has 6 nitrogen and oxygen atoms in total. The highest BCUT2D eigenvalue weighted by molar-refractivity contribution is 6.30. The van der Waals surface area contributed by atoms with Crippen LogP contribution in [0.3, 0.4) is 0 Å². The molecule has 1 aromatic carbocycles. The summed E-state index contributed by atoms with van der Waals surface area (Å²) in [5, 5.41) is 5.18. The molecule has 26 heavy (non-hydrogen) atoms. The topological polar surface area (TPSA) is 56.6 Å². The maximum atomic E-state index is 12.9. The van der Waals surface area contributed by atoms with E-state index in [9.17, 15) is 4.79 Å². The number of carbonyl (C=O) groups is 1. The Morgan fingerprint density at radius 1 is 1.23 bits per heavy atom. The second-order valence-corrected chi connectivity index (χ2v) is 7.08. The molecule has 2 saturated heterocycles. The van der Waals surface area contributed by atoms with E-state index in [2.05, 4.69) is 5.10 Å². The van der Waals surface area contributed by atoms with E-state index in [1.807, 2.05) is 46.8 Å². The van der Waals surface area contributed by atoms with Crippen molar-refractivity contribution in [1.82, 2.24) is 14.7 Å². The summed E-state index contributed by atoms with van der Waals surface area (Å²) < 4.78 is 13.3. The second kappa shape index (κ2) is 7.02. The lowest BCUT2D eigenvalue weighted by atomic mass is 10.0. The van der Waals surface area contributed by atoms with Crippen LogP contribution >= 0.6 is 11.6 Å². The zero-order valence-corrected chi connectivity index (χ0v) is 15.5. The molecule has 0 atom stereocenters. The van der Waals surface area contributed by atoms with Crippen molar-refractivity contribution in [1.29, 1.82) is 0 Å². The second-order valence-electron chi connectivity index (χ2n) is 6.64. The summed E-state index contributed by atoms with van der Waals surface area (Å²) in [6.07, 6.45) is 1.41. The Hall–Kier alpha value is -1.89. The molecule has 1 amide bonds. The van der Waals surface area contributed by atoms with Crippen LogP contribution in [0.25, 0.3) is 11.3 Å². The van der Waals surface area contributed by atoms with E-state index in [-0.39, 0.29) is 5.91 Å². The number of hydrogen-bond acceptors (Lipinski definition) is 4. The quantitative estimate of drug-likeness (QED) is 0.826. The fourth-order valence-electron chi connectivity index (χ4n) is 3.64. The van der Waals surface area contributed by atoms with Crippen LogP contribution in [0.4, 0.5) is 0 Å². The predicted octanol–water partition coefficient (Wildman–Crippen LogP) is 3.20. The number of carbonyl (C=O) groups excluding carboxylic acids is 1.